The van der Waals surface area contributed by atoms with Gasteiger partial charge in [-0.15, -0.1) is 0 Å². The van der Waals surface area contributed by atoms with Gasteiger partial charge in [0.1, 0.15) is 12.4 Å². The van der Waals surface area contributed by atoms with Gasteiger partial charge in [0.2, 0.25) is 5.91 Å². The van der Waals surface area contributed by atoms with Gasteiger partial charge in [-0.05, 0) is 18.6 Å². The molecule has 19 heavy (non-hydrogen) atoms. The van der Waals surface area contributed by atoms with Gasteiger partial charge in [0.15, 0.2) is 0 Å². The summed E-state index contributed by atoms with van der Waals surface area (Å²) >= 11 is 0. The Labute approximate surface area is 111 Å². The largest absolute Gasteiger partial charge is 0.487 e. The van der Waals surface area contributed by atoms with E-state index in [4.69, 9.17) is 9.84 Å². The van der Waals surface area contributed by atoms with E-state index >= 15 is 0 Å². The standard InChI is InChI=1S/C14H17NO4/c1-2-10-19-12-7-4-3-6-11(12)15-13(16)8-5-9-14(17)18/h2-4,6-7H,1,5,8-10H2,(H,15,16)(H,17,18). The summed E-state index contributed by atoms with van der Waals surface area (Å²) in [5.74, 6) is -0.563. The number of aliphatic carboxylic acids is 1. The highest BCUT2D eigenvalue weighted by atomic mass is 16.5. The van der Waals surface area contributed by atoms with Crippen molar-refractivity contribution in [2.75, 3.05) is 11.9 Å². The lowest BCUT2D eigenvalue weighted by Crippen LogP contribution is -2.13. The molecule has 1 rings (SSSR count). The zero-order chi connectivity index (χ0) is 14.1. The second-order valence-electron chi connectivity index (χ2n) is 3.89. The molecule has 102 valence electrons. The highest BCUT2D eigenvalue weighted by molar-refractivity contribution is 5.92. The average molecular weight is 263 g/mol. The molecular weight excluding hydrogens is 246 g/mol. The minimum Gasteiger partial charge on any atom is -0.487 e. The van der Waals surface area contributed by atoms with Crippen LogP contribution in [0.3, 0.4) is 0 Å². The van der Waals surface area contributed by atoms with Gasteiger partial charge < -0.3 is 15.2 Å². The Bertz CT molecular complexity index is 457. The Hall–Kier alpha value is -2.30. The number of hydrogen-bond acceptors (Lipinski definition) is 3. The molecule has 0 unspecified atom stereocenters. The Kier molecular flexibility index (Phi) is 6.15. The first-order valence-electron chi connectivity index (χ1n) is 5.98. The number of carbonyl (C=O) groups is 2. The highest BCUT2D eigenvalue weighted by Gasteiger charge is 2.08. The molecule has 1 aromatic carbocycles. The molecule has 0 spiro atoms. The number of carboxylic acids is 1. The molecule has 0 saturated carbocycles. The van der Waals surface area contributed by atoms with E-state index in [0.717, 1.165) is 0 Å². The van der Waals surface area contributed by atoms with Crippen molar-refractivity contribution in [3.63, 3.8) is 0 Å². The van der Waals surface area contributed by atoms with E-state index in [2.05, 4.69) is 11.9 Å². The fourth-order valence-electron chi connectivity index (χ4n) is 1.46. The second-order valence-corrected chi connectivity index (χ2v) is 3.89. The van der Waals surface area contributed by atoms with Gasteiger partial charge in [-0.25, -0.2) is 0 Å². The van der Waals surface area contributed by atoms with E-state index < -0.39 is 5.97 Å². The molecule has 0 saturated heterocycles. The summed E-state index contributed by atoms with van der Waals surface area (Å²) in [4.78, 5) is 22.0. The molecule has 0 aliphatic carbocycles. The van der Waals surface area contributed by atoms with Crippen LogP contribution < -0.4 is 10.1 Å². The lowest BCUT2D eigenvalue weighted by molar-refractivity contribution is -0.137. The summed E-state index contributed by atoms with van der Waals surface area (Å²) in [7, 11) is 0. The summed E-state index contributed by atoms with van der Waals surface area (Å²) in [5, 5.41) is 11.2. The number of carbonyl (C=O) groups excluding carboxylic acids is 1. The lowest BCUT2D eigenvalue weighted by atomic mass is 10.2. The van der Waals surface area contributed by atoms with Crippen molar-refractivity contribution in [3.05, 3.63) is 36.9 Å². The number of amides is 1. The lowest BCUT2D eigenvalue weighted by Gasteiger charge is -2.11. The van der Waals surface area contributed by atoms with Crippen LogP contribution in [0.1, 0.15) is 19.3 Å². The highest BCUT2D eigenvalue weighted by Crippen LogP contribution is 2.23. The summed E-state index contributed by atoms with van der Waals surface area (Å²) < 4.78 is 5.40. The van der Waals surface area contributed by atoms with Gasteiger partial charge in [-0.2, -0.15) is 0 Å². The van der Waals surface area contributed by atoms with Gasteiger partial charge >= 0.3 is 5.97 Å². The van der Waals surface area contributed by atoms with E-state index in [1.165, 1.54) is 0 Å². The van der Waals surface area contributed by atoms with Crippen LogP contribution in [0.25, 0.3) is 0 Å². The van der Waals surface area contributed by atoms with Crippen LogP contribution in [0.15, 0.2) is 36.9 Å². The fourth-order valence-corrected chi connectivity index (χ4v) is 1.46. The van der Waals surface area contributed by atoms with Gasteiger partial charge in [0, 0.05) is 12.8 Å². The molecule has 0 heterocycles. The maximum absolute atomic E-state index is 11.6. The predicted molar refractivity (Wildman–Crippen MR) is 72.3 cm³/mol. The van der Waals surface area contributed by atoms with Crippen LogP contribution in [0.2, 0.25) is 0 Å². The van der Waals surface area contributed by atoms with Gasteiger partial charge in [-0.3, -0.25) is 9.59 Å². The predicted octanol–water partition coefficient (Wildman–Crippen LogP) is 2.44. The maximum atomic E-state index is 11.6. The molecule has 2 N–H and O–H groups in total. The minimum absolute atomic E-state index is 0.0119. The zero-order valence-electron chi connectivity index (χ0n) is 10.6. The summed E-state index contributed by atoms with van der Waals surface area (Å²) in [5.41, 5.74) is 0.574. The number of nitrogens with one attached hydrogen (secondary N) is 1. The molecule has 0 aliphatic rings. The quantitative estimate of drug-likeness (QED) is 0.706. The SMILES string of the molecule is C=CCOc1ccccc1NC(=O)CCCC(=O)O. The molecule has 5 heteroatoms. The van der Waals surface area contributed by atoms with Crippen molar-refractivity contribution in [1.29, 1.82) is 0 Å². The smallest absolute Gasteiger partial charge is 0.303 e. The van der Waals surface area contributed by atoms with Crippen LogP contribution in [-0.4, -0.2) is 23.6 Å². The summed E-state index contributed by atoms with van der Waals surface area (Å²) in [6.07, 6.45) is 2.09. The normalized spacial score (nSPS) is 9.68. The van der Waals surface area contributed by atoms with Crippen LogP contribution in [0.4, 0.5) is 5.69 Å². The Balaban J connectivity index is 2.53. The van der Waals surface area contributed by atoms with Crippen molar-refractivity contribution in [2.24, 2.45) is 0 Å². The first-order chi connectivity index (χ1) is 9.13. The van der Waals surface area contributed by atoms with E-state index in [9.17, 15) is 9.59 Å². The number of benzene rings is 1. The third kappa shape index (κ3) is 5.72. The minimum atomic E-state index is -0.900. The molecule has 0 bridgehead atoms. The van der Waals surface area contributed by atoms with Gasteiger partial charge in [0.25, 0.3) is 0 Å². The number of carboxylic acid groups (broad SMARTS) is 1. The third-order valence-electron chi connectivity index (χ3n) is 2.31. The number of rotatable bonds is 8. The molecule has 1 amide bonds. The molecule has 0 aromatic heterocycles. The molecule has 0 atom stereocenters. The van der Waals surface area contributed by atoms with Crippen LogP contribution in [0.5, 0.6) is 5.75 Å². The average Bonchev–Trinajstić information content (AvgIpc) is 2.37. The monoisotopic (exact) mass is 263 g/mol. The van der Waals surface area contributed by atoms with Gasteiger partial charge in [0.05, 0.1) is 5.69 Å². The van der Waals surface area contributed by atoms with E-state index in [0.29, 0.717) is 24.5 Å². The molecule has 0 aliphatic heterocycles. The molecule has 5 nitrogen and oxygen atoms in total. The number of anilines is 1. The molecular formula is C14H17NO4. The second kappa shape index (κ2) is 7.92. The summed E-state index contributed by atoms with van der Waals surface area (Å²) in [6.45, 7) is 3.91. The Morgan fingerprint density at radius 2 is 2.05 bits per heavy atom. The number of para-hydroxylation sites is 2. The van der Waals surface area contributed by atoms with Crippen molar-refractivity contribution < 1.29 is 19.4 Å². The summed E-state index contributed by atoms with van der Waals surface area (Å²) in [6, 6.07) is 7.07. The van der Waals surface area contributed by atoms with E-state index in [1.54, 1.807) is 30.3 Å². The zero-order valence-corrected chi connectivity index (χ0v) is 10.6. The van der Waals surface area contributed by atoms with Gasteiger partial charge in [-0.1, -0.05) is 24.8 Å². The van der Waals surface area contributed by atoms with Crippen LogP contribution in [-0.2, 0) is 9.59 Å². The molecule has 0 fully saturated rings. The van der Waals surface area contributed by atoms with Crippen LogP contribution in [0, 0.1) is 0 Å². The van der Waals surface area contributed by atoms with Crippen molar-refractivity contribution in [1.82, 2.24) is 0 Å². The topological polar surface area (TPSA) is 75.6 Å². The van der Waals surface area contributed by atoms with E-state index in [1.807, 2.05) is 0 Å². The fraction of sp³-hybridized carbons (Fsp3) is 0.286. The Morgan fingerprint density at radius 3 is 2.74 bits per heavy atom. The van der Waals surface area contributed by atoms with Crippen molar-refractivity contribution in [3.8, 4) is 5.75 Å². The first kappa shape index (κ1) is 14.8. The van der Waals surface area contributed by atoms with Crippen molar-refractivity contribution >= 4 is 17.6 Å². The third-order valence-corrected chi connectivity index (χ3v) is 2.31. The Morgan fingerprint density at radius 1 is 1.32 bits per heavy atom. The molecule has 1 aromatic rings. The van der Waals surface area contributed by atoms with E-state index in [-0.39, 0.29) is 18.7 Å². The van der Waals surface area contributed by atoms with Crippen LogP contribution >= 0.6 is 0 Å². The maximum Gasteiger partial charge on any atom is 0.303 e. The first-order valence-corrected chi connectivity index (χ1v) is 5.98. The van der Waals surface area contributed by atoms with Crippen molar-refractivity contribution in [2.45, 2.75) is 19.3 Å². The number of hydrogen-bond donors (Lipinski definition) is 2. The molecule has 0 radical (unpaired) electrons. The number of ether oxygens (including phenoxy) is 1.